The van der Waals surface area contributed by atoms with Crippen LogP contribution in [-0.4, -0.2) is 53.6 Å². The molecule has 33 heavy (non-hydrogen) atoms. The topological polar surface area (TPSA) is 117 Å². The van der Waals surface area contributed by atoms with Gasteiger partial charge in [-0.25, -0.2) is 9.71 Å². The fraction of sp³-hybridized carbons (Fsp3) is 0.286. The standard InChI is InChI=1S/C21H26N8O2S2/c1-3-22-11-12-28(2)19-9-5-4-7-16(19)13-23-18-8-6-10-20-17(18)14-25-29(20)33(30,31)27-21-24-15-26-32-21/h4-10,14-15,22-23H,3,11-13H2,1-2H3,(H,24,26,27). The minimum absolute atomic E-state index is 0.183. The molecule has 0 aliphatic heterocycles. The molecule has 0 unspecified atom stereocenters. The van der Waals surface area contributed by atoms with Gasteiger partial charge in [-0.15, -0.1) is 4.09 Å². The van der Waals surface area contributed by atoms with E-state index in [0.717, 1.165) is 52.2 Å². The predicted molar refractivity (Wildman–Crippen MR) is 133 cm³/mol. The smallest absolute Gasteiger partial charge is 0.345 e. The van der Waals surface area contributed by atoms with Gasteiger partial charge in [0.1, 0.15) is 6.33 Å². The Balaban J connectivity index is 1.54. The summed E-state index contributed by atoms with van der Waals surface area (Å²) in [5.74, 6) is 0. The third kappa shape index (κ3) is 5.24. The van der Waals surface area contributed by atoms with E-state index in [1.807, 2.05) is 18.2 Å². The number of hydrogen-bond donors (Lipinski definition) is 3. The van der Waals surface area contributed by atoms with Crippen molar-refractivity contribution in [2.45, 2.75) is 13.5 Å². The molecule has 0 saturated carbocycles. The molecule has 2 aromatic heterocycles. The van der Waals surface area contributed by atoms with E-state index in [4.69, 9.17) is 0 Å². The molecule has 4 rings (SSSR count). The molecule has 0 spiro atoms. The fourth-order valence-corrected chi connectivity index (χ4v) is 5.21. The van der Waals surface area contributed by atoms with Gasteiger partial charge >= 0.3 is 10.2 Å². The Morgan fingerprint density at radius 3 is 2.79 bits per heavy atom. The minimum Gasteiger partial charge on any atom is -0.380 e. The summed E-state index contributed by atoms with van der Waals surface area (Å²) >= 11 is 0.958. The average molecular weight is 487 g/mol. The molecule has 174 valence electrons. The van der Waals surface area contributed by atoms with Crippen molar-refractivity contribution in [3.8, 4) is 0 Å². The zero-order valence-electron chi connectivity index (χ0n) is 18.4. The van der Waals surface area contributed by atoms with Gasteiger partial charge in [-0.1, -0.05) is 31.2 Å². The number of rotatable bonds is 11. The highest BCUT2D eigenvalue weighted by Crippen LogP contribution is 2.27. The van der Waals surface area contributed by atoms with Gasteiger partial charge in [-0.3, -0.25) is 0 Å². The van der Waals surface area contributed by atoms with Gasteiger partial charge in [0.2, 0.25) is 5.13 Å². The van der Waals surface area contributed by atoms with Crippen LogP contribution in [0, 0.1) is 0 Å². The van der Waals surface area contributed by atoms with Crippen LogP contribution < -0.4 is 20.3 Å². The summed E-state index contributed by atoms with van der Waals surface area (Å²) in [5, 5.41) is 11.8. The lowest BCUT2D eigenvalue weighted by Crippen LogP contribution is -2.29. The van der Waals surface area contributed by atoms with Crippen LogP contribution in [0.4, 0.5) is 16.5 Å². The van der Waals surface area contributed by atoms with Crippen molar-refractivity contribution in [1.29, 1.82) is 0 Å². The summed E-state index contributed by atoms with van der Waals surface area (Å²) < 4.78 is 32.8. The van der Waals surface area contributed by atoms with E-state index in [2.05, 4.69) is 60.8 Å². The number of fused-ring (bicyclic) bond motifs is 1. The van der Waals surface area contributed by atoms with Crippen LogP contribution in [0.5, 0.6) is 0 Å². The molecule has 0 amide bonds. The second kappa shape index (κ2) is 10.1. The van der Waals surface area contributed by atoms with Crippen molar-refractivity contribution in [2.75, 3.05) is 41.6 Å². The number of anilines is 3. The second-order valence-electron chi connectivity index (χ2n) is 7.34. The third-order valence-corrected chi connectivity index (χ3v) is 7.04. The average Bonchev–Trinajstić information content (AvgIpc) is 3.48. The summed E-state index contributed by atoms with van der Waals surface area (Å²) in [4.78, 5) is 6.10. The van der Waals surface area contributed by atoms with Crippen molar-refractivity contribution in [3.05, 3.63) is 60.6 Å². The first-order valence-corrected chi connectivity index (χ1v) is 12.7. The van der Waals surface area contributed by atoms with E-state index in [0.29, 0.717) is 17.4 Å². The van der Waals surface area contributed by atoms with E-state index in [-0.39, 0.29) is 5.13 Å². The van der Waals surface area contributed by atoms with Gasteiger partial charge in [0, 0.05) is 55.0 Å². The number of aromatic nitrogens is 4. The quantitative estimate of drug-likeness (QED) is 0.277. The Morgan fingerprint density at radius 1 is 1.15 bits per heavy atom. The largest absolute Gasteiger partial charge is 0.380 e. The first-order chi connectivity index (χ1) is 16.0. The number of nitrogens with one attached hydrogen (secondary N) is 3. The molecule has 0 bridgehead atoms. The van der Waals surface area contributed by atoms with Gasteiger partial charge in [0.05, 0.1) is 11.7 Å². The lowest BCUT2D eigenvalue weighted by molar-refractivity contribution is 0.588. The van der Waals surface area contributed by atoms with E-state index >= 15 is 0 Å². The maximum atomic E-state index is 12.8. The zero-order valence-corrected chi connectivity index (χ0v) is 20.0. The van der Waals surface area contributed by atoms with Gasteiger partial charge in [-0.2, -0.15) is 17.9 Å². The summed E-state index contributed by atoms with van der Waals surface area (Å²) in [7, 11) is -1.88. The van der Waals surface area contributed by atoms with Crippen LogP contribution in [0.25, 0.3) is 10.9 Å². The van der Waals surface area contributed by atoms with Crippen molar-refractivity contribution in [3.63, 3.8) is 0 Å². The molecular formula is C21H26N8O2S2. The maximum Gasteiger partial charge on any atom is 0.345 e. The van der Waals surface area contributed by atoms with Crippen LogP contribution in [0.1, 0.15) is 12.5 Å². The summed E-state index contributed by atoms with van der Waals surface area (Å²) in [6.45, 7) is 5.43. The molecule has 10 nitrogen and oxygen atoms in total. The first-order valence-electron chi connectivity index (χ1n) is 10.5. The molecule has 2 aromatic carbocycles. The number of nitrogens with zero attached hydrogens (tertiary/aromatic N) is 5. The summed E-state index contributed by atoms with van der Waals surface area (Å²) in [6, 6.07) is 13.7. The van der Waals surface area contributed by atoms with E-state index in [1.54, 1.807) is 18.3 Å². The molecule has 0 aliphatic rings. The normalized spacial score (nSPS) is 11.6. The molecule has 2 heterocycles. The monoisotopic (exact) mass is 486 g/mol. The van der Waals surface area contributed by atoms with Crippen LogP contribution in [0.2, 0.25) is 0 Å². The van der Waals surface area contributed by atoms with Crippen molar-refractivity contribution >= 4 is 49.2 Å². The highest BCUT2D eigenvalue weighted by molar-refractivity contribution is 7.91. The molecular weight excluding hydrogens is 460 g/mol. The molecule has 0 radical (unpaired) electrons. The number of benzene rings is 2. The van der Waals surface area contributed by atoms with Crippen LogP contribution in [0.15, 0.2) is 55.0 Å². The van der Waals surface area contributed by atoms with Crippen LogP contribution in [0.3, 0.4) is 0 Å². The van der Waals surface area contributed by atoms with E-state index in [9.17, 15) is 8.42 Å². The van der Waals surface area contributed by atoms with Crippen molar-refractivity contribution in [2.24, 2.45) is 0 Å². The Kier molecular flexibility index (Phi) is 7.06. The van der Waals surface area contributed by atoms with Crippen molar-refractivity contribution in [1.82, 2.24) is 23.9 Å². The fourth-order valence-electron chi connectivity index (χ4n) is 3.51. The van der Waals surface area contributed by atoms with Gasteiger partial charge < -0.3 is 15.5 Å². The third-order valence-electron chi connectivity index (χ3n) is 5.13. The molecule has 0 saturated heterocycles. The number of hydrogen-bond acceptors (Lipinski definition) is 9. The Bertz CT molecular complexity index is 1310. The number of para-hydroxylation sites is 1. The minimum atomic E-state index is -3.96. The zero-order chi connectivity index (χ0) is 23.3. The van der Waals surface area contributed by atoms with Crippen LogP contribution >= 0.6 is 11.5 Å². The highest BCUT2D eigenvalue weighted by atomic mass is 32.2. The highest BCUT2D eigenvalue weighted by Gasteiger charge is 2.20. The molecule has 12 heteroatoms. The van der Waals surface area contributed by atoms with Crippen LogP contribution in [-0.2, 0) is 16.8 Å². The van der Waals surface area contributed by atoms with Gasteiger partial charge in [0.15, 0.2) is 0 Å². The lowest BCUT2D eigenvalue weighted by Gasteiger charge is -2.23. The van der Waals surface area contributed by atoms with Gasteiger partial charge in [0.25, 0.3) is 0 Å². The van der Waals surface area contributed by atoms with Crippen molar-refractivity contribution < 1.29 is 8.42 Å². The Hall–Kier alpha value is -3.22. The number of likely N-dealkylation sites (N-methyl/N-ethyl adjacent to an activating group) is 2. The SMILES string of the molecule is CCNCCN(C)c1ccccc1CNc1cccc2c1cnn2S(=O)(=O)Nc1ncns1. The second-order valence-corrected chi connectivity index (χ2v) is 9.62. The lowest BCUT2D eigenvalue weighted by atomic mass is 10.1. The molecule has 4 aromatic rings. The molecule has 3 N–H and O–H groups in total. The summed E-state index contributed by atoms with van der Waals surface area (Å²) in [5.41, 5.74) is 3.56. The summed E-state index contributed by atoms with van der Waals surface area (Å²) in [6.07, 6.45) is 2.84. The van der Waals surface area contributed by atoms with E-state index in [1.165, 1.54) is 6.33 Å². The first kappa shape index (κ1) is 23.0. The molecule has 0 fully saturated rings. The maximum absolute atomic E-state index is 12.8. The van der Waals surface area contributed by atoms with E-state index < -0.39 is 10.2 Å². The molecule has 0 atom stereocenters. The Morgan fingerprint density at radius 2 is 2.00 bits per heavy atom. The van der Waals surface area contributed by atoms with Gasteiger partial charge in [-0.05, 0) is 30.3 Å². The Labute approximate surface area is 197 Å². The predicted octanol–water partition coefficient (Wildman–Crippen LogP) is 2.75. The molecule has 0 aliphatic carbocycles.